The van der Waals surface area contributed by atoms with E-state index in [1.807, 2.05) is 0 Å². The molecule has 15 heteroatoms. The Kier molecular flexibility index (Phi) is 9.98. The molecule has 0 aliphatic rings. The first-order chi connectivity index (χ1) is 19.4. The van der Waals surface area contributed by atoms with E-state index in [0.29, 0.717) is 20.9 Å². The van der Waals surface area contributed by atoms with Crippen molar-refractivity contribution in [3.05, 3.63) is 100 Å². The van der Waals surface area contributed by atoms with Crippen molar-refractivity contribution in [3.8, 4) is 22.9 Å². The van der Waals surface area contributed by atoms with Crippen LogP contribution in [-0.2, 0) is 6.18 Å². The third-order valence-electron chi connectivity index (χ3n) is 5.83. The fraction of sp³-hybridized carbons (Fsp3) is 0.259. The van der Waals surface area contributed by atoms with Gasteiger partial charge in [-0.15, -0.1) is 0 Å². The van der Waals surface area contributed by atoms with Crippen LogP contribution in [0.25, 0.3) is 11.4 Å². The number of phenolic OH excluding ortho intramolecular Hbond substituents is 1. The van der Waals surface area contributed by atoms with Gasteiger partial charge in [0.25, 0.3) is 11.1 Å². The molecule has 0 saturated heterocycles. The maximum absolute atomic E-state index is 14.2. The maximum atomic E-state index is 14.2. The molecule has 8 nitrogen and oxygen atoms in total. The van der Waals surface area contributed by atoms with E-state index in [4.69, 9.17) is 4.74 Å². The molecule has 2 aromatic carbocycles. The number of benzene rings is 2. The van der Waals surface area contributed by atoms with E-state index in [0.717, 1.165) is 35.4 Å². The Morgan fingerprint density at radius 1 is 0.833 bits per heavy atom. The smallest absolute Gasteiger partial charge is 0.418 e. The molecular formula is C27H23Br2F5N4O4. The summed E-state index contributed by atoms with van der Waals surface area (Å²) in [7, 11) is 0. The molecule has 224 valence electrons. The minimum atomic E-state index is -4.71. The molecule has 0 fully saturated rings. The summed E-state index contributed by atoms with van der Waals surface area (Å²) < 4.78 is 74.0. The van der Waals surface area contributed by atoms with Crippen LogP contribution < -0.4 is 15.9 Å². The molecule has 0 saturated carbocycles. The van der Waals surface area contributed by atoms with Crippen LogP contribution in [0.1, 0.15) is 36.1 Å². The predicted octanol–water partition coefficient (Wildman–Crippen LogP) is 6.71. The monoisotopic (exact) mass is 720 g/mol. The molecule has 0 spiro atoms. The lowest BCUT2D eigenvalue weighted by molar-refractivity contribution is -0.138. The Bertz CT molecular complexity index is 1770. The Balaban J connectivity index is 0.000000240. The van der Waals surface area contributed by atoms with Gasteiger partial charge in [0.2, 0.25) is 0 Å². The van der Waals surface area contributed by atoms with Gasteiger partial charge in [0.15, 0.2) is 0 Å². The van der Waals surface area contributed by atoms with E-state index in [-0.39, 0.29) is 33.5 Å². The van der Waals surface area contributed by atoms with Crippen molar-refractivity contribution < 1.29 is 31.8 Å². The van der Waals surface area contributed by atoms with Gasteiger partial charge in [0, 0.05) is 23.3 Å². The molecule has 4 aromatic rings. The second-order valence-corrected chi connectivity index (χ2v) is 10.9. The Labute approximate surface area is 252 Å². The molecule has 0 unspecified atom stereocenters. The van der Waals surface area contributed by atoms with Crippen LogP contribution in [0, 0.1) is 32.4 Å². The summed E-state index contributed by atoms with van der Waals surface area (Å²) in [5, 5.41) is 16.9. The minimum Gasteiger partial charge on any atom is -0.507 e. The predicted molar refractivity (Wildman–Crippen MR) is 152 cm³/mol. The van der Waals surface area contributed by atoms with Gasteiger partial charge in [-0.05, 0) is 84.2 Å². The SMILES string of the molecule is Cc1c(C(F)(F)F)cnn(-c2cc(OC(C)C)c(Br)cc2F)c1=O.Cc1cnn(-c2cc(O)c(Br)cc2F)c(=O)c1C. The third kappa shape index (κ3) is 7.06. The van der Waals surface area contributed by atoms with Gasteiger partial charge in [-0.3, -0.25) is 9.59 Å². The van der Waals surface area contributed by atoms with E-state index in [1.54, 1.807) is 27.7 Å². The van der Waals surface area contributed by atoms with E-state index in [2.05, 4.69) is 42.1 Å². The molecule has 2 aromatic heterocycles. The van der Waals surface area contributed by atoms with Crippen LogP contribution in [0.5, 0.6) is 11.5 Å². The van der Waals surface area contributed by atoms with Crippen LogP contribution in [0.3, 0.4) is 0 Å². The highest BCUT2D eigenvalue weighted by Gasteiger charge is 2.34. The van der Waals surface area contributed by atoms with Crippen molar-refractivity contribution in [3.63, 3.8) is 0 Å². The first kappa shape index (κ1) is 32.9. The van der Waals surface area contributed by atoms with Crippen LogP contribution in [0.15, 0.2) is 55.2 Å². The minimum absolute atomic E-state index is 0.0798. The number of alkyl halides is 3. The van der Waals surface area contributed by atoms with Gasteiger partial charge in [0.1, 0.15) is 34.5 Å². The van der Waals surface area contributed by atoms with E-state index in [9.17, 15) is 36.6 Å². The topological polar surface area (TPSA) is 99.2 Å². The standard InChI is InChI=1S/C15H13BrF4N2O2.C12H10BrFN2O2/c1-7(2)24-13-5-12(11(17)4-10(13)16)22-14(23)8(3)9(6-21-22)15(18,19)20;1-6-5-15-16(12(18)7(6)2)10-4-11(17)8(13)3-9(10)14/h4-7H,1-3H3;3-5,17H,1-2H3. The summed E-state index contributed by atoms with van der Waals surface area (Å²) in [4.78, 5) is 24.2. The number of hydrogen-bond donors (Lipinski definition) is 1. The van der Waals surface area contributed by atoms with E-state index < -0.39 is 40.1 Å². The summed E-state index contributed by atoms with van der Waals surface area (Å²) in [6.07, 6.45) is -2.95. The maximum Gasteiger partial charge on any atom is 0.418 e. The fourth-order valence-corrected chi connectivity index (χ4v) is 4.23. The molecule has 0 aliphatic carbocycles. The third-order valence-corrected chi connectivity index (χ3v) is 7.09. The highest BCUT2D eigenvalue weighted by molar-refractivity contribution is 9.10. The summed E-state index contributed by atoms with van der Waals surface area (Å²) in [6.45, 7) is 7.92. The Morgan fingerprint density at radius 2 is 1.33 bits per heavy atom. The van der Waals surface area contributed by atoms with Crippen molar-refractivity contribution >= 4 is 31.9 Å². The molecule has 2 heterocycles. The van der Waals surface area contributed by atoms with Gasteiger partial charge in [0.05, 0.1) is 33.0 Å². The van der Waals surface area contributed by atoms with Crippen LogP contribution in [0.4, 0.5) is 22.0 Å². The van der Waals surface area contributed by atoms with Gasteiger partial charge in [-0.2, -0.15) is 32.7 Å². The van der Waals surface area contributed by atoms with Crippen LogP contribution in [-0.4, -0.2) is 30.8 Å². The quantitative estimate of drug-likeness (QED) is 0.236. The molecule has 1 N–H and O–H groups in total. The van der Waals surface area contributed by atoms with Crippen molar-refractivity contribution in [1.29, 1.82) is 0 Å². The molecule has 0 aliphatic heterocycles. The number of nitrogens with zero attached hydrogens (tertiary/aromatic N) is 4. The van der Waals surface area contributed by atoms with E-state index >= 15 is 0 Å². The van der Waals surface area contributed by atoms with Gasteiger partial charge < -0.3 is 9.84 Å². The lowest BCUT2D eigenvalue weighted by atomic mass is 10.2. The van der Waals surface area contributed by atoms with Crippen molar-refractivity contribution in [2.45, 2.75) is 46.9 Å². The molecule has 0 amide bonds. The lowest BCUT2D eigenvalue weighted by Crippen LogP contribution is -2.28. The van der Waals surface area contributed by atoms with Gasteiger partial charge in [-0.1, -0.05) is 0 Å². The fourth-order valence-electron chi connectivity index (χ4n) is 3.50. The Hall–Kier alpha value is -3.59. The van der Waals surface area contributed by atoms with E-state index in [1.165, 1.54) is 12.3 Å². The average molecular weight is 722 g/mol. The Morgan fingerprint density at radius 3 is 1.88 bits per heavy atom. The average Bonchev–Trinajstić information content (AvgIpc) is 2.88. The van der Waals surface area contributed by atoms with Crippen LogP contribution in [0.2, 0.25) is 0 Å². The number of phenols is 1. The largest absolute Gasteiger partial charge is 0.507 e. The van der Waals surface area contributed by atoms with Crippen molar-refractivity contribution in [1.82, 2.24) is 19.6 Å². The number of aromatic hydroxyl groups is 1. The van der Waals surface area contributed by atoms with Crippen molar-refractivity contribution in [2.24, 2.45) is 0 Å². The number of aryl methyl sites for hydroxylation is 1. The number of rotatable bonds is 4. The first-order valence-corrected chi connectivity index (χ1v) is 13.6. The first-order valence-electron chi connectivity index (χ1n) is 12.0. The zero-order valence-electron chi connectivity index (χ0n) is 22.6. The number of ether oxygens (including phenoxy) is 1. The molecule has 0 radical (unpaired) electrons. The molecule has 4 rings (SSSR count). The number of halogens is 7. The van der Waals surface area contributed by atoms with Crippen LogP contribution >= 0.6 is 31.9 Å². The highest BCUT2D eigenvalue weighted by Crippen LogP contribution is 2.32. The lowest BCUT2D eigenvalue weighted by Gasteiger charge is -2.15. The normalized spacial score (nSPS) is 11.4. The highest BCUT2D eigenvalue weighted by atomic mass is 79.9. The molecular weight excluding hydrogens is 699 g/mol. The van der Waals surface area contributed by atoms with Gasteiger partial charge >= 0.3 is 6.18 Å². The number of aromatic nitrogens is 4. The second-order valence-electron chi connectivity index (χ2n) is 9.22. The molecule has 0 bridgehead atoms. The van der Waals surface area contributed by atoms with Crippen molar-refractivity contribution in [2.75, 3.05) is 0 Å². The summed E-state index contributed by atoms with van der Waals surface area (Å²) in [5.41, 5.74) is -2.33. The zero-order valence-corrected chi connectivity index (χ0v) is 25.8. The summed E-state index contributed by atoms with van der Waals surface area (Å²) in [5.74, 6) is -1.38. The summed E-state index contributed by atoms with van der Waals surface area (Å²) in [6, 6.07) is 4.52. The second kappa shape index (κ2) is 12.7. The zero-order chi connectivity index (χ0) is 31.7. The van der Waals surface area contributed by atoms with Gasteiger partial charge in [-0.25, -0.2) is 8.78 Å². The number of hydrogen-bond acceptors (Lipinski definition) is 6. The summed E-state index contributed by atoms with van der Waals surface area (Å²) >= 11 is 6.13. The molecule has 42 heavy (non-hydrogen) atoms. The molecule has 0 atom stereocenters.